The van der Waals surface area contributed by atoms with Crippen LogP contribution in [0.5, 0.6) is 0 Å². The molecule has 0 spiro atoms. The number of nitrogens with zero attached hydrogens (tertiary/aromatic N) is 1. The zero-order chi connectivity index (χ0) is 22.5. The maximum atomic E-state index is 13.8. The molecule has 2 amide bonds. The van der Waals surface area contributed by atoms with Crippen molar-refractivity contribution in [3.05, 3.63) is 114 Å². The molecule has 158 valence electrons. The molecule has 0 saturated heterocycles. The van der Waals surface area contributed by atoms with E-state index < -0.39 is 11.7 Å². The van der Waals surface area contributed by atoms with Gasteiger partial charge in [0.15, 0.2) is 0 Å². The molecule has 0 radical (unpaired) electrons. The highest BCUT2D eigenvalue weighted by Crippen LogP contribution is 2.18. The van der Waals surface area contributed by atoms with Crippen LogP contribution in [-0.4, -0.2) is 17.5 Å². The van der Waals surface area contributed by atoms with Crippen molar-refractivity contribution >= 4 is 34.0 Å². The number of anilines is 1. The molecule has 2 N–H and O–H groups in total. The Morgan fingerprint density at radius 1 is 0.750 bits per heavy atom. The Kier molecular flexibility index (Phi) is 6.03. The molecule has 4 aromatic rings. The smallest absolute Gasteiger partial charge is 0.272 e. The first-order valence-electron chi connectivity index (χ1n) is 10.0. The monoisotopic (exact) mass is 425 g/mol. The lowest BCUT2D eigenvalue weighted by molar-refractivity contribution is 0.0955. The molecule has 0 atom stereocenters. The molecule has 4 rings (SSSR count). The average Bonchev–Trinajstić information content (AvgIpc) is 2.82. The van der Waals surface area contributed by atoms with Crippen LogP contribution in [0.3, 0.4) is 0 Å². The summed E-state index contributed by atoms with van der Waals surface area (Å²) in [5, 5.41) is 8.71. The van der Waals surface area contributed by atoms with E-state index in [0.717, 1.165) is 16.3 Å². The topological polar surface area (TPSA) is 70.6 Å². The van der Waals surface area contributed by atoms with Gasteiger partial charge >= 0.3 is 0 Å². The molecule has 5 nitrogen and oxygen atoms in total. The summed E-state index contributed by atoms with van der Waals surface area (Å²) in [6, 6.07) is 25.9. The fraction of sp³-hybridized carbons (Fsp3) is 0.0385. The van der Waals surface area contributed by atoms with Crippen LogP contribution in [0.2, 0.25) is 0 Å². The minimum Gasteiger partial charge on any atom is -0.322 e. The van der Waals surface area contributed by atoms with Gasteiger partial charge in [0.05, 0.1) is 11.3 Å². The number of rotatable bonds is 5. The lowest BCUT2D eigenvalue weighted by atomic mass is 10.0. The Hall–Kier alpha value is -4.32. The van der Waals surface area contributed by atoms with Gasteiger partial charge in [0.1, 0.15) is 5.82 Å². The third kappa shape index (κ3) is 4.54. The van der Waals surface area contributed by atoms with Gasteiger partial charge < -0.3 is 5.32 Å². The van der Waals surface area contributed by atoms with E-state index in [0.29, 0.717) is 17.0 Å². The second-order valence-electron chi connectivity index (χ2n) is 7.18. The zero-order valence-corrected chi connectivity index (χ0v) is 17.3. The van der Waals surface area contributed by atoms with Gasteiger partial charge in [-0.05, 0) is 53.6 Å². The summed E-state index contributed by atoms with van der Waals surface area (Å²) < 4.78 is 13.8. The van der Waals surface area contributed by atoms with Crippen LogP contribution < -0.4 is 10.7 Å². The molecule has 0 heterocycles. The number of fused-ring (bicyclic) bond motifs is 1. The van der Waals surface area contributed by atoms with Crippen molar-refractivity contribution in [2.24, 2.45) is 5.10 Å². The number of halogens is 1. The number of benzene rings is 4. The van der Waals surface area contributed by atoms with Gasteiger partial charge in [-0.2, -0.15) is 5.10 Å². The van der Waals surface area contributed by atoms with Gasteiger partial charge in [-0.15, -0.1) is 0 Å². The molecule has 0 aliphatic carbocycles. The van der Waals surface area contributed by atoms with E-state index in [-0.39, 0.29) is 11.5 Å². The van der Waals surface area contributed by atoms with Crippen LogP contribution in [0.1, 0.15) is 33.2 Å². The molecule has 0 aliphatic rings. The SMILES string of the molecule is C/C(=N/NC(=O)c1cccc2ccccc12)c1ccc(NC(=O)c2ccccc2F)cc1. The molecule has 4 aromatic carbocycles. The summed E-state index contributed by atoms with van der Waals surface area (Å²) in [6.07, 6.45) is 0. The molecule has 0 unspecified atom stereocenters. The number of carbonyl (C=O) groups excluding carboxylic acids is 2. The Balaban J connectivity index is 1.44. The summed E-state index contributed by atoms with van der Waals surface area (Å²) in [6.45, 7) is 1.77. The number of hydrogen-bond acceptors (Lipinski definition) is 3. The van der Waals surface area contributed by atoms with Crippen LogP contribution in [-0.2, 0) is 0 Å². The van der Waals surface area contributed by atoms with E-state index in [1.807, 2.05) is 36.4 Å². The van der Waals surface area contributed by atoms with Gasteiger partial charge in [-0.1, -0.05) is 60.7 Å². The van der Waals surface area contributed by atoms with Crippen molar-refractivity contribution in [2.45, 2.75) is 6.92 Å². The minimum absolute atomic E-state index is 0.0227. The fourth-order valence-corrected chi connectivity index (χ4v) is 3.32. The quantitative estimate of drug-likeness (QED) is 0.333. The van der Waals surface area contributed by atoms with Gasteiger partial charge in [-0.3, -0.25) is 9.59 Å². The van der Waals surface area contributed by atoms with Crippen molar-refractivity contribution in [1.82, 2.24) is 5.43 Å². The summed E-state index contributed by atoms with van der Waals surface area (Å²) in [7, 11) is 0. The zero-order valence-electron chi connectivity index (χ0n) is 17.3. The predicted octanol–water partition coefficient (Wildman–Crippen LogP) is 5.39. The summed E-state index contributed by atoms with van der Waals surface area (Å²) in [4.78, 5) is 24.9. The number of carbonyl (C=O) groups is 2. The van der Waals surface area contributed by atoms with E-state index in [1.165, 1.54) is 18.2 Å². The molecule has 0 aromatic heterocycles. The van der Waals surface area contributed by atoms with E-state index in [2.05, 4.69) is 15.8 Å². The highest BCUT2D eigenvalue weighted by molar-refractivity contribution is 6.08. The molecule has 0 fully saturated rings. The Labute approximate surface area is 184 Å². The molecule has 0 aliphatic heterocycles. The normalized spacial score (nSPS) is 11.2. The lowest BCUT2D eigenvalue weighted by Gasteiger charge is -2.08. The van der Waals surface area contributed by atoms with Crippen molar-refractivity contribution in [3.8, 4) is 0 Å². The van der Waals surface area contributed by atoms with Crippen LogP contribution in [0.25, 0.3) is 10.8 Å². The Bertz CT molecular complexity index is 1330. The van der Waals surface area contributed by atoms with Gasteiger partial charge in [0, 0.05) is 11.3 Å². The first kappa shape index (κ1) is 20.9. The van der Waals surface area contributed by atoms with Crippen LogP contribution >= 0.6 is 0 Å². The molecular weight excluding hydrogens is 405 g/mol. The van der Waals surface area contributed by atoms with Gasteiger partial charge in [0.2, 0.25) is 0 Å². The lowest BCUT2D eigenvalue weighted by Crippen LogP contribution is -2.19. The number of hydrogen-bond donors (Lipinski definition) is 2. The summed E-state index contributed by atoms with van der Waals surface area (Å²) >= 11 is 0. The van der Waals surface area contributed by atoms with Crippen molar-refractivity contribution in [3.63, 3.8) is 0 Å². The van der Waals surface area contributed by atoms with Crippen molar-refractivity contribution < 1.29 is 14.0 Å². The number of amides is 2. The van der Waals surface area contributed by atoms with Crippen LogP contribution in [0, 0.1) is 5.82 Å². The third-order valence-corrected chi connectivity index (χ3v) is 5.04. The highest BCUT2D eigenvalue weighted by Gasteiger charge is 2.12. The second-order valence-corrected chi connectivity index (χ2v) is 7.18. The number of nitrogens with one attached hydrogen (secondary N) is 2. The molecular formula is C26H20FN3O2. The average molecular weight is 425 g/mol. The maximum absolute atomic E-state index is 13.8. The minimum atomic E-state index is -0.577. The fourth-order valence-electron chi connectivity index (χ4n) is 3.32. The Morgan fingerprint density at radius 3 is 2.19 bits per heavy atom. The van der Waals surface area contributed by atoms with Crippen LogP contribution in [0.15, 0.2) is 96.1 Å². The third-order valence-electron chi connectivity index (χ3n) is 5.04. The largest absolute Gasteiger partial charge is 0.322 e. The molecule has 32 heavy (non-hydrogen) atoms. The number of hydrazone groups is 1. The van der Waals surface area contributed by atoms with Crippen LogP contribution in [0.4, 0.5) is 10.1 Å². The molecule has 0 saturated carbocycles. The summed E-state index contributed by atoms with van der Waals surface area (Å²) in [5.74, 6) is -1.40. The van der Waals surface area contributed by atoms with E-state index >= 15 is 0 Å². The van der Waals surface area contributed by atoms with Crippen molar-refractivity contribution in [1.29, 1.82) is 0 Å². The van der Waals surface area contributed by atoms with Gasteiger partial charge in [0.25, 0.3) is 11.8 Å². The summed E-state index contributed by atoms with van der Waals surface area (Å²) in [5.41, 5.74) is 5.02. The van der Waals surface area contributed by atoms with Crippen molar-refractivity contribution in [2.75, 3.05) is 5.32 Å². The predicted molar refractivity (Wildman–Crippen MR) is 124 cm³/mol. The molecule has 6 heteroatoms. The van der Waals surface area contributed by atoms with E-state index in [9.17, 15) is 14.0 Å². The maximum Gasteiger partial charge on any atom is 0.272 e. The first-order valence-corrected chi connectivity index (χ1v) is 10.0. The second kappa shape index (κ2) is 9.22. The standard InChI is InChI=1S/C26H20FN3O2/c1-17(29-30-26(32)22-11-6-8-19-7-2-3-9-21(19)22)18-13-15-20(16-14-18)28-25(31)23-10-4-5-12-24(23)27/h2-16H,1H3,(H,28,31)(H,30,32)/b29-17-. The molecule has 0 bridgehead atoms. The van der Waals surface area contributed by atoms with E-state index in [4.69, 9.17) is 0 Å². The van der Waals surface area contributed by atoms with E-state index in [1.54, 1.807) is 43.3 Å². The highest BCUT2D eigenvalue weighted by atomic mass is 19.1. The first-order chi connectivity index (χ1) is 15.5. The Morgan fingerprint density at radius 2 is 1.41 bits per heavy atom. The van der Waals surface area contributed by atoms with Gasteiger partial charge in [-0.25, -0.2) is 9.82 Å².